The molecule has 0 amide bonds. The molecule has 0 aliphatic carbocycles. The van der Waals surface area contributed by atoms with Crippen molar-refractivity contribution in [3.63, 3.8) is 0 Å². The Bertz CT molecular complexity index is 1690. The highest BCUT2D eigenvalue weighted by Gasteiger charge is 2.30. The lowest BCUT2D eigenvalue weighted by Crippen LogP contribution is -2.46. The summed E-state index contributed by atoms with van der Waals surface area (Å²) in [7, 11) is 4.32. The Labute approximate surface area is 241 Å². The van der Waals surface area contributed by atoms with Gasteiger partial charge in [0.1, 0.15) is 22.8 Å². The summed E-state index contributed by atoms with van der Waals surface area (Å²) in [4.78, 5) is 43.3. The van der Waals surface area contributed by atoms with Crippen molar-refractivity contribution in [2.75, 3.05) is 52.4 Å². The van der Waals surface area contributed by atoms with Crippen LogP contribution in [0.4, 0.5) is 5.69 Å². The number of fused-ring (bicyclic) bond motifs is 1. The van der Waals surface area contributed by atoms with Crippen LogP contribution in [0.15, 0.2) is 73.2 Å². The van der Waals surface area contributed by atoms with Crippen molar-refractivity contribution in [3.05, 3.63) is 92.3 Å². The van der Waals surface area contributed by atoms with Crippen molar-refractivity contribution < 1.29 is 32.9 Å². The molecule has 1 saturated heterocycles. The van der Waals surface area contributed by atoms with Crippen LogP contribution < -0.4 is 25.2 Å². The van der Waals surface area contributed by atoms with E-state index in [1.165, 1.54) is 32.6 Å². The number of anilines is 1. The van der Waals surface area contributed by atoms with E-state index in [1.807, 2.05) is 24.3 Å². The summed E-state index contributed by atoms with van der Waals surface area (Å²) in [5.41, 5.74) is 0.307. The number of ether oxygens (including phenoxy) is 3. The quantitative estimate of drug-likeness (QED) is 0.294. The average Bonchev–Trinajstić information content (AvgIpc) is 3.02. The van der Waals surface area contributed by atoms with Gasteiger partial charge in [-0.15, -0.1) is 0 Å². The molecule has 1 N–H and O–H groups in total. The SMILES string of the molecule is COC(=O)C[C@@H](c1oc(CN2CCN(c3ccc(OC)cc3)CC2)cc(=O)c1O)c1coc2ccc(OC)cc2c1=O. The Morgan fingerprint density at radius 3 is 2.31 bits per heavy atom. The highest BCUT2D eigenvalue weighted by molar-refractivity contribution is 5.79. The van der Waals surface area contributed by atoms with E-state index in [2.05, 4.69) is 9.80 Å². The summed E-state index contributed by atoms with van der Waals surface area (Å²) >= 11 is 0. The Balaban J connectivity index is 1.43. The van der Waals surface area contributed by atoms with Crippen LogP contribution in [0.1, 0.15) is 29.4 Å². The molecule has 1 aliphatic rings. The average molecular weight is 577 g/mol. The molecule has 1 atom stereocenters. The summed E-state index contributed by atoms with van der Waals surface area (Å²) in [6, 6.07) is 13.9. The first-order valence-electron chi connectivity index (χ1n) is 13.4. The Morgan fingerprint density at radius 1 is 0.952 bits per heavy atom. The molecule has 42 heavy (non-hydrogen) atoms. The molecule has 1 aliphatic heterocycles. The molecular weight excluding hydrogens is 544 g/mol. The predicted molar refractivity (Wildman–Crippen MR) is 155 cm³/mol. The predicted octanol–water partition coefficient (Wildman–Crippen LogP) is 3.49. The molecule has 11 nitrogen and oxygen atoms in total. The van der Waals surface area contributed by atoms with E-state index in [0.717, 1.165) is 24.5 Å². The first-order chi connectivity index (χ1) is 20.3. The minimum Gasteiger partial charge on any atom is -0.502 e. The van der Waals surface area contributed by atoms with Gasteiger partial charge in [-0.05, 0) is 42.5 Å². The number of hydrogen-bond donors (Lipinski definition) is 1. The van der Waals surface area contributed by atoms with Gasteiger partial charge in [0, 0.05) is 43.5 Å². The number of rotatable bonds is 9. The van der Waals surface area contributed by atoms with Crippen LogP contribution in [0.25, 0.3) is 11.0 Å². The minimum atomic E-state index is -1.14. The van der Waals surface area contributed by atoms with Crippen LogP contribution in [0.3, 0.4) is 0 Å². The smallest absolute Gasteiger partial charge is 0.306 e. The van der Waals surface area contributed by atoms with Gasteiger partial charge in [-0.25, -0.2) is 0 Å². The maximum atomic E-state index is 13.6. The summed E-state index contributed by atoms with van der Waals surface area (Å²) in [6.07, 6.45) is 0.854. The van der Waals surface area contributed by atoms with E-state index in [9.17, 15) is 19.5 Å². The van der Waals surface area contributed by atoms with Crippen molar-refractivity contribution in [2.24, 2.45) is 0 Å². The molecule has 4 aromatic rings. The Kier molecular flexibility index (Phi) is 8.48. The number of piperazine rings is 1. The van der Waals surface area contributed by atoms with Gasteiger partial charge in [-0.1, -0.05) is 0 Å². The van der Waals surface area contributed by atoms with Crippen molar-refractivity contribution in [1.29, 1.82) is 0 Å². The van der Waals surface area contributed by atoms with Crippen LogP contribution >= 0.6 is 0 Å². The number of carbonyl (C=O) groups is 1. The zero-order chi connectivity index (χ0) is 29.8. The number of carbonyl (C=O) groups excluding carboxylic acids is 1. The number of hydrogen-bond acceptors (Lipinski definition) is 11. The third-order valence-corrected chi connectivity index (χ3v) is 7.49. The fourth-order valence-corrected chi connectivity index (χ4v) is 5.13. The van der Waals surface area contributed by atoms with Crippen LogP contribution in [-0.2, 0) is 16.1 Å². The summed E-state index contributed by atoms with van der Waals surface area (Å²) < 4.78 is 27.1. The molecule has 220 valence electrons. The molecule has 2 aromatic heterocycles. The zero-order valence-corrected chi connectivity index (χ0v) is 23.6. The van der Waals surface area contributed by atoms with Gasteiger partial charge in [-0.2, -0.15) is 0 Å². The zero-order valence-electron chi connectivity index (χ0n) is 23.6. The van der Waals surface area contributed by atoms with Crippen molar-refractivity contribution in [1.82, 2.24) is 4.90 Å². The summed E-state index contributed by atoms with van der Waals surface area (Å²) in [5.74, 6) is -1.14. The van der Waals surface area contributed by atoms with Crippen LogP contribution in [0.5, 0.6) is 17.2 Å². The molecule has 3 heterocycles. The first kappa shape index (κ1) is 28.7. The number of benzene rings is 2. The molecule has 11 heteroatoms. The van der Waals surface area contributed by atoms with Gasteiger partial charge in [0.05, 0.1) is 51.9 Å². The van der Waals surface area contributed by atoms with Crippen molar-refractivity contribution >= 4 is 22.6 Å². The monoisotopic (exact) mass is 576 g/mol. The summed E-state index contributed by atoms with van der Waals surface area (Å²) in [6.45, 7) is 3.22. The second kappa shape index (κ2) is 12.4. The van der Waals surface area contributed by atoms with E-state index >= 15 is 0 Å². The maximum Gasteiger partial charge on any atom is 0.306 e. The first-order valence-corrected chi connectivity index (χ1v) is 13.4. The molecule has 0 saturated carbocycles. The van der Waals surface area contributed by atoms with Gasteiger partial charge in [0.2, 0.25) is 11.2 Å². The second-order valence-electron chi connectivity index (χ2n) is 9.97. The van der Waals surface area contributed by atoms with Crippen LogP contribution in [0, 0.1) is 0 Å². The Hall–Kier alpha value is -4.77. The van der Waals surface area contributed by atoms with Crippen molar-refractivity contribution in [2.45, 2.75) is 18.9 Å². The molecule has 0 spiro atoms. The lowest BCUT2D eigenvalue weighted by atomic mass is 9.92. The third kappa shape index (κ3) is 5.96. The molecule has 0 bridgehead atoms. The van der Waals surface area contributed by atoms with Gasteiger partial charge < -0.3 is 33.1 Å². The largest absolute Gasteiger partial charge is 0.502 e. The second-order valence-corrected chi connectivity index (χ2v) is 9.97. The van der Waals surface area contributed by atoms with Crippen molar-refractivity contribution in [3.8, 4) is 17.2 Å². The fraction of sp³-hybridized carbons (Fsp3) is 0.323. The third-order valence-electron chi connectivity index (χ3n) is 7.49. The normalized spacial score (nSPS) is 14.5. The van der Waals surface area contributed by atoms with E-state index in [0.29, 0.717) is 36.7 Å². The highest BCUT2D eigenvalue weighted by Crippen LogP contribution is 2.33. The number of methoxy groups -OCH3 is 3. The van der Waals surface area contributed by atoms with E-state index in [4.69, 9.17) is 23.0 Å². The molecule has 2 aromatic carbocycles. The highest BCUT2D eigenvalue weighted by atomic mass is 16.5. The minimum absolute atomic E-state index is 0.0323. The maximum absolute atomic E-state index is 13.6. The summed E-state index contributed by atoms with van der Waals surface area (Å²) in [5, 5.41) is 11.0. The lowest BCUT2D eigenvalue weighted by Gasteiger charge is -2.36. The van der Waals surface area contributed by atoms with Crippen LogP contribution in [0.2, 0.25) is 0 Å². The lowest BCUT2D eigenvalue weighted by molar-refractivity contribution is -0.140. The molecule has 0 radical (unpaired) electrons. The molecule has 0 unspecified atom stereocenters. The van der Waals surface area contributed by atoms with Gasteiger partial charge >= 0.3 is 5.97 Å². The molecule has 5 rings (SSSR count). The standard InChI is InChI=1S/C31H32N2O9/c1-38-20-6-4-19(5-7-20)33-12-10-32(11-13-33)17-22-15-26(34)30(37)31(42-22)23(16-28(35)40-3)25-18-41-27-9-8-21(39-2)14-24(27)29(25)36/h4-9,14-15,18,23,37H,10-13,16-17H2,1-3H3/t23-/m1/s1. The Morgan fingerprint density at radius 2 is 1.64 bits per heavy atom. The van der Waals surface area contributed by atoms with Gasteiger partial charge in [-0.3, -0.25) is 19.3 Å². The van der Waals surface area contributed by atoms with Gasteiger partial charge in [0.25, 0.3) is 0 Å². The van der Waals surface area contributed by atoms with E-state index < -0.39 is 28.5 Å². The van der Waals surface area contributed by atoms with Gasteiger partial charge in [0.15, 0.2) is 11.2 Å². The molecular formula is C31H32N2O9. The number of aromatic hydroxyl groups is 1. The van der Waals surface area contributed by atoms with E-state index in [1.54, 1.807) is 19.2 Å². The fourth-order valence-electron chi connectivity index (χ4n) is 5.13. The molecule has 1 fully saturated rings. The number of esters is 1. The topological polar surface area (TPSA) is 132 Å². The van der Waals surface area contributed by atoms with Crippen LogP contribution in [-0.4, -0.2) is 63.5 Å². The number of nitrogens with zero attached hydrogens (tertiary/aromatic N) is 2. The van der Waals surface area contributed by atoms with E-state index in [-0.39, 0.29) is 23.1 Å².